The summed E-state index contributed by atoms with van der Waals surface area (Å²) < 4.78 is 1.81. The minimum absolute atomic E-state index is 0.193. The number of thiazole rings is 1. The normalized spacial score (nSPS) is 13.4. The molecule has 3 heterocycles. The van der Waals surface area contributed by atoms with Gasteiger partial charge in [0, 0.05) is 29.0 Å². The summed E-state index contributed by atoms with van der Waals surface area (Å²) in [5.74, 6) is -0.193. The molecule has 1 amide bonds. The molecule has 156 valence electrons. The number of pyridine rings is 1. The molecule has 0 atom stereocenters. The molecular formula is C24H23N5OS. The van der Waals surface area contributed by atoms with Crippen LogP contribution in [0.5, 0.6) is 0 Å². The third-order valence-electron chi connectivity index (χ3n) is 5.44. The number of nitrogens with zero attached hydrogens (tertiary/aromatic N) is 4. The molecule has 31 heavy (non-hydrogen) atoms. The molecule has 0 spiro atoms. The molecule has 0 bridgehead atoms. The minimum Gasteiger partial charge on any atom is -0.298 e. The van der Waals surface area contributed by atoms with Gasteiger partial charge in [-0.25, -0.2) is 4.98 Å². The van der Waals surface area contributed by atoms with Crippen LogP contribution in [0.15, 0.2) is 61.1 Å². The van der Waals surface area contributed by atoms with Crippen LogP contribution < -0.4 is 5.32 Å². The molecule has 5 rings (SSSR count). The first-order valence-electron chi connectivity index (χ1n) is 10.6. The fourth-order valence-corrected chi connectivity index (χ4v) is 4.95. The third-order valence-corrected chi connectivity index (χ3v) is 6.52. The van der Waals surface area contributed by atoms with Gasteiger partial charge in [0.2, 0.25) is 0 Å². The Morgan fingerprint density at radius 1 is 1.06 bits per heavy atom. The van der Waals surface area contributed by atoms with Gasteiger partial charge in [0.1, 0.15) is 5.69 Å². The molecule has 3 aromatic heterocycles. The van der Waals surface area contributed by atoms with Crippen LogP contribution in [0.25, 0.3) is 11.3 Å². The highest BCUT2D eigenvalue weighted by Gasteiger charge is 2.21. The van der Waals surface area contributed by atoms with E-state index in [0.29, 0.717) is 22.9 Å². The maximum atomic E-state index is 13.2. The number of nitrogens with one attached hydrogen (secondary N) is 1. The van der Waals surface area contributed by atoms with E-state index >= 15 is 0 Å². The average Bonchev–Trinajstić information content (AvgIpc) is 3.32. The lowest BCUT2D eigenvalue weighted by molar-refractivity contribution is 0.102. The summed E-state index contributed by atoms with van der Waals surface area (Å²) in [7, 11) is 0. The monoisotopic (exact) mass is 429 g/mol. The molecule has 0 unspecified atom stereocenters. The molecule has 0 radical (unpaired) electrons. The highest BCUT2D eigenvalue weighted by Crippen LogP contribution is 2.30. The van der Waals surface area contributed by atoms with Crippen molar-refractivity contribution in [2.45, 2.75) is 38.6 Å². The molecule has 1 aromatic carbocycles. The van der Waals surface area contributed by atoms with Crippen molar-refractivity contribution in [3.8, 4) is 11.3 Å². The molecule has 0 aliphatic heterocycles. The Labute approximate surface area is 185 Å². The van der Waals surface area contributed by atoms with Gasteiger partial charge < -0.3 is 0 Å². The van der Waals surface area contributed by atoms with Crippen molar-refractivity contribution >= 4 is 22.4 Å². The van der Waals surface area contributed by atoms with E-state index in [1.165, 1.54) is 24.1 Å². The predicted molar refractivity (Wildman–Crippen MR) is 122 cm³/mol. The van der Waals surface area contributed by atoms with Crippen LogP contribution >= 0.6 is 11.3 Å². The van der Waals surface area contributed by atoms with Gasteiger partial charge in [0.25, 0.3) is 5.91 Å². The standard InChI is InChI=1S/C24H23N5OS/c30-23(27-24-26-20-11-5-2-6-12-21(20)31-24)19-16-29(15-17-8-3-1-4-9-17)28-22(19)18-10-7-13-25-14-18/h1,3-4,7-10,13-14,16H,2,5-6,11-12,15H2,(H,26,27,30). The summed E-state index contributed by atoms with van der Waals surface area (Å²) in [6.45, 7) is 0.590. The summed E-state index contributed by atoms with van der Waals surface area (Å²) in [6, 6.07) is 13.9. The zero-order valence-corrected chi connectivity index (χ0v) is 17.9. The van der Waals surface area contributed by atoms with Crippen molar-refractivity contribution in [2.24, 2.45) is 0 Å². The fraction of sp³-hybridized carbons (Fsp3) is 0.250. The second-order valence-electron chi connectivity index (χ2n) is 7.72. The maximum absolute atomic E-state index is 13.2. The summed E-state index contributed by atoms with van der Waals surface area (Å²) in [5.41, 5.74) is 4.23. The fourth-order valence-electron chi connectivity index (χ4n) is 3.90. The minimum atomic E-state index is -0.193. The number of carbonyl (C=O) groups is 1. The van der Waals surface area contributed by atoms with Crippen LogP contribution in [0.2, 0.25) is 0 Å². The zero-order valence-electron chi connectivity index (χ0n) is 17.1. The van der Waals surface area contributed by atoms with E-state index in [-0.39, 0.29) is 5.91 Å². The Hall–Kier alpha value is -3.32. The topological polar surface area (TPSA) is 72.7 Å². The zero-order chi connectivity index (χ0) is 21.0. The van der Waals surface area contributed by atoms with E-state index in [0.717, 1.165) is 29.7 Å². The van der Waals surface area contributed by atoms with Gasteiger partial charge in [-0.3, -0.25) is 19.8 Å². The molecule has 4 aromatic rings. The lowest BCUT2D eigenvalue weighted by atomic mass is 10.1. The second-order valence-corrected chi connectivity index (χ2v) is 8.80. The Balaban J connectivity index is 1.44. The largest absolute Gasteiger partial charge is 0.298 e. The van der Waals surface area contributed by atoms with Crippen LogP contribution in [-0.2, 0) is 19.4 Å². The van der Waals surface area contributed by atoms with Gasteiger partial charge in [-0.05, 0) is 43.4 Å². The van der Waals surface area contributed by atoms with Crippen molar-refractivity contribution in [3.63, 3.8) is 0 Å². The third kappa shape index (κ3) is 4.41. The molecule has 0 saturated heterocycles. The second kappa shape index (κ2) is 8.81. The van der Waals surface area contributed by atoms with Crippen LogP contribution in [0.3, 0.4) is 0 Å². The molecular weight excluding hydrogens is 406 g/mol. The van der Waals surface area contributed by atoms with Gasteiger partial charge in [-0.15, -0.1) is 11.3 Å². The van der Waals surface area contributed by atoms with Crippen LogP contribution in [-0.4, -0.2) is 25.7 Å². The Morgan fingerprint density at radius 2 is 1.94 bits per heavy atom. The van der Waals surface area contributed by atoms with Crippen LogP contribution in [0.1, 0.15) is 45.8 Å². The first-order valence-corrected chi connectivity index (χ1v) is 11.4. The summed E-state index contributed by atoms with van der Waals surface area (Å²) >= 11 is 1.60. The number of carbonyl (C=O) groups excluding carboxylic acids is 1. The van der Waals surface area contributed by atoms with E-state index in [2.05, 4.69) is 10.3 Å². The van der Waals surface area contributed by atoms with Crippen LogP contribution in [0, 0.1) is 0 Å². The highest BCUT2D eigenvalue weighted by atomic mass is 32.1. The van der Waals surface area contributed by atoms with Gasteiger partial charge in [-0.1, -0.05) is 36.8 Å². The number of hydrogen-bond acceptors (Lipinski definition) is 5. The first-order chi connectivity index (χ1) is 15.3. The number of aryl methyl sites for hydroxylation is 2. The van der Waals surface area contributed by atoms with Gasteiger partial charge in [0.05, 0.1) is 17.8 Å². The van der Waals surface area contributed by atoms with Crippen molar-refractivity contribution < 1.29 is 4.79 Å². The molecule has 1 N–H and O–H groups in total. The number of aromatic nitrogens is 4. The number of anilines is 1. The van der Waals surface area contributed by atoms with E-state index in [1.54, 1.807) is 23.7 Å². The predicted octanol–water partition coefficient (Wildman–Crippen LogP) is 4.97. The Morgan fingerprint density at radius 3 is 2.77 bits per heavy atom. The highest BCUT2D eigenvalue weighted by molar-refractivity contribution is 7.15. The molecule has 6 nitrogen and oxygen atoms in total. The molecule has 1 aliphatic carbocycles. The summed E-state index contributed by atoms with van der Waals surface area (Å²) in [5, 5.41) is 8.40. The lowest BCUT2D eigenvalue weighted by Gasteiger charge is -2.02. The lowest BCUT2D eigenvalue weighted by Crippen LogP contribution is -2.12. The van der Waals surface area contributed by atoms with E-state index in [1.807, 2.05) is 53.3 Å². The molecule has 1 aliphatic rings. The van der Waals surface area contributed by atoms with Crippen molar-refractivity contribution in [3.05, 3.63) is 82.8 Å². The first kappa shape index (κ1) is 19.6. The van der Waals surface area contributed by atoms with Gasteiger partial charge in [0.15, 0.2) is 5.13 Å². The van der Waals surface area contributed by atoms with Gasteiger partial charge in [-0.2, -0.15) is 5.10 Å². The van der Waals surface area contributed by atoms with Gasteiger partial charge >= 0.3 is 0 Å². The van der Waals surface area contributed by atoms with Crippen LogP contribution in [0.4, 0.5) is 5.13 Å². The Kier molecular flexibility index (Phi) is 5.58. The molecule has 0 saturated carbocycles. The smallest absolute Gasteiger partial charge is 0.261 e. The SMILES string of the molecule is O=C(Nc1nc2c(s1)CCCCC2)c1cn(Cc2ccccc2)nc1-c1cccnc1. The number of rotatable bonds is 5. The van der Waals surface area contributed by atoms with E-state index < -0.39 is 0 Å². The van der Waals surface area contributed by atoms with Crippen molar-refractivity contribution in [2.75, 3.05) is 5.32 Å². The summed E-state index contributed by atoms with van der Waals surface area (Å²) in [4.78, 5) is 23.4. The molecule has 7 heteroatoms. The Bertz CT molecular complexity index is 1160. The maximum Gasteiger partial charge on any atom is 0.261 e. The van der Waals surface area contributed by atoms with Crippen molar-refractivity contribution in [1.82, 2.24) is 19.7 Å². The number of hydrogen-bond donors (Lipinski definition) is 1. The van der Waals surface area contributed by atoms with Crippen molar-refractivity contribution in [1.29, 1.82) is 0 Å². The number of amides is 1. The quantitative estimate of drug-likeness (QED) is 0.455. The number of benzene rings is 1. The van der Waals surface area contributed by atoms with E-state index in [9.17, 15) is 4.79 Å². The number of fused-ring (bicyclic) bond motifs is 1. The molecule has 0 fully saturated rings. The summed E-state index contributed by atoms with van der Waals surface area (Å²) in [6.07, 6.45) is 10.9. The average molecular weight is 430 g/mol. The van der Waals surface area contributed by atoms with E-state index in [4.69, 9.17) is 10.1 Å².